The van der Waals surface area contributed by atoms with E-state index in [4.69, 9.17) is 0 Å². The molecule has 2 fully saturated rings. The summed E-state index contributed by atoms with van der Waals surface area (Å²) in [6, 6.07) is -0.284. The molecule has 1 atom stereocenters. The molecule has 0 aromatic carbocycles. The second-order valence-electron chi connectivity index (χ2n) is 5.71. The van der Waals surface area contributed by atoms with E-state index in [1.807, 2.05) is 11.8 Å². The zero-order valence-corrected chi connectivity index (χ0v) is 10.5. The predicted octanol–water partition coefficient (Wildman–Crippen LogP) is 1.05. The van der Waals surface area contributed by atoms with Gasteiger partial charge in [0.05, 0.1) is 0 Å². The molecule has 0 spiro atoms. The lowest BCUT2D eigenvalue weighted by Gasteiger charge is -2.46. The van der Waals surface area contributed by atoms with Crippen molar-refractivity contribution in [1.29, 1.82) is 0 Å². The van der Waals surface area contributed by atoms with Gasteiger partial charge in [-0.1, -0.05) is 6.92 Å². The first-order chi connectivity index (χ1) is 7.32. The molecular weight excluding hydrogens is 204 g/mol. The molecule has 90 valence electrons. The average molecular weight is 224 g/mol. The zero-order valence-electron chi connectivity index (χ0n) is 10.5. The Morgan fingerprint density at radius 3 is 2.31 bits per heavy atom. The fourth-order valence-corrected chi connectivity index (χ4v) is 2.42. The van der Waals surface area contributed by atoms with Gasteiger partial charge in [0.2, 0.25) is 11.8 Å². The predicted molar refractivity (Wildman–Crippen MR) is 60.8 cm³/mol. The van der Waals surface area contributed by atoms with Gasteiger partial charge in [0.25, 0.3) is 0 Å². The third kappa shape index (κ3) is 1.51. The van der Waals surface area contributed by atoms with Gasteiger partial charge < -0.3 is 10.2 Å². The van der Waals surface area contributed by atoms with Gasteiger partial charge in [0.15, 0.2) is 0 Å². The largest absolute Gasteiger partial charge is 0.340 e. The van der Waals surface area contributed by atoms with E-state index in [1.165, 1.54) is 0 Å². The number of amides is 2. The normalized spacial score (nSPS) is 31.2. The first kappa shape index (κ1) is 11.4. The molecule has 4 nitrogen and oxygen atoms in total. The molecular formula is C12H20N2O2. The maximum Gasteiger partial charge on any atom is 0.248 e. The minimum Gasteiger partial charge on any atom is -0.340 e. The summed E-state index contributed by atoms with van der Waals surface area (Å²) < 4.78 is 0. The van der Waals surface area contributed by atoms with E-state index < -0.39 is 5.54 Å². The summed E-state index contributed by atoms with van der Waals surface area (Å²) in [5.74, 6) is 0.0409. The Morgan fingerprint density at radius 2 is 1.88 bits per heavy atom. The molecule has 1 N–H and O–H groups in total. The molecule has 2 amide bonds. The second kappa shape index (κ2) is 3.22. The van der Waals surface area contributed by atoms with Crippen LogP contribution in [0.3, 0.4) is 0 Å². The molecule has 1 saturated carbocycles. The van der Waals surface area contributed by atoms with Crippen LogP contribution in [-0.2, 0) is 9.59 Å². The van der Waals surface area contributed by atoms with Crippen LogP contribution in [0.1, 0.15) is 47.0 Å². The molecule has 1 saturated heterocycles. The summed E-state index contributed by atoms with van der Waals surface area (Å²) in [5, 5.41) is 2.81. The van der Waals surface area contributed by atoms with E-state index >= 15 is 0 Å². The summed E-state index contributed by atoms with van der Waals surface area (Å²) in [5.41, 5.74) is -0.832. The van der Waals surface area contributed by atoms with Crippen LogP contribution in [0.5, 0.6) is 0 Å². The van der Waals surface area contributed by atoms with Crippen LogP contribution >= 0.6 is 0 Å². The number of carbonyl (C=O) groups is 2. The van der Waals surface area contributed by atoms with Crippen molar-refractivity contribution in [2.24, 2.45) is 0 Å². The molecule has 0 radical (unpaired) electrons. The van der Waals surface area contributed by atoms with Crippen LogP contribution in [0.4, 0.5) is 0 Å². The molecule has 4 heteroatoms. The highest BCUT2D eigenvalue weighted by Gasteiger charge is 2.55. The zero-order chi connectivity index (χ0) is 12.1. The maximum absolute atomic E-state index is 12.4. The lowest BCUT2D eigenvalue weighted by molar-refractivity contribution is -0.157. The third-order valence-corrected chi connectivity index (χ3v) is 3.75. The van der Waals surface area contributed by atoms with Gasteiger partial charge in [-0.25, -0.2) is 0 Å². The summed E-state index contributed by atoms with van der Waals surface area (Å²) >= 11 is 0. The van der Waals surface area contributed by atoms with Gasteiger partial charge in [-0.3, -0.25) is 9.59 Å². The van der Waals surface area contributed by atoms with Gasteiger partial charge in [0, 0.05) is 5.54 Å². The van der Waals surface area contributed by atoms with Gasteiger partial charge in [0.1, 0.15) is 11.6 Å². The summed E-state index contributed by atoms with van der Waals surface area (Å²) in [7, 11) is 0. The van der Waals surface area contributed by atoms with E-state index in [2.05, 4.69) is 12.2 Å². The van der Waals surface area contributed by atoms with Crippen LogP contribution in [-0.4, -0.2) is 33.8 Å². The number of piperazine rings is 1. The highest BCUT2D eigenvalue weighted by Crippen LogP contribution is 2.44. The standard InChI is InChI=1S/C12H20N2O2/c1-5-8-9(15)13-11(2,3)10(16)14(8)12(4)6-7-12/h8H,5-7H2,1-4H3,(H,13,15). The summed E-state index contributed by atoms with van der Waals surface area (Å²) in [4.78, 5) is 26.2. The SMILES string of the molecule is CCC1C(=O)NC(C)(C)C(=O)N1C1(C)CC1. The Morgan fingerprint density at radius 1 is 1.31 bits per heavy atom. The summed E-state index contributed by atoms with van der Waals surface area (Å²) in [6.07, 6.45) is 2.71. The Labute approximate surface area is 96.4 Å². The van der Waals surface area contributed by atoms with Crippen LogP contribution in [0.2, 0.25) is 0 Å². The molecule has 1 unspecified atom stereocenters. The number of nitrogens with one attached hydrogen (secondary N) is 1. The third-order valence-electron chi connectivity index (χ3n) is 3.75. The molecule has 1 aliphatic heterocycles. The van der Waals surface area contributed by atoms with E-state index in [0.29, 0.717) is 6.42 Å². The monoisotopic (exact) mass is 224 g/mol. The number of hydrogen-bond donors (Lipinski definition) is 1. The first-order valence-electron chi connectivity index (χ1n) is 5.97. The highest BCUT2D eigenvalue weighted by atomic mass is 16.2. The fourth-order valence-electron chi connectivity index (χ4n) is 2.42. The van der Waals surface area contributed by atoms with Gasteiger partial charge >= 0.3 is 0 Å². The van der Waals surface area contributed by atoms with Crippen LogP contribution in [0.15, 0.2) is 0 Å². The smallest absolute Gasteiger partial charge is 0.248 e. The van der Waals surface area contributed by atoms with Gasteiger partial charge in [-0.2, -0.15) is 0 Å². The topological polar surface area (TPSA) is 49.4 Å². The van der Waals surface area contributed by atoms with Gasteiger partial charge in [-0.15, -0.1) is 0 Å². The lowest BCUT2D eigenvalue weighted by Crippen LogP contribution is -2.70. The number of rotatable bonds is 2. The van der Waals surface area contributed by atoms with Crippen LogP contribution < -0.4 is 5.32 Å². The highest BCUT2D eigenvalue weighted by molar-refractivity contribution is 5.99. The Kier molecular flexibility index (Phi) is 2.30. The first-order valence-corrected chi connectivity index (χ1v) is 5.97. The van der Waals surface area contributed by atoms with Crippen molar-refractivity contribution in [3.8, 4) is 0 Å². The van der Waals surface area contributed by atoms with Gasteiger partial charge in [-0.05, 0) is 40.0 Å². The Hall–Kier alpha value is -1.06. The molecule has 2 rings (SSSR count). The van der Waals surface area contributed by atoms with Crippen LogP contribution in [0.25, 0.3) is 0 Å². The average Bonchev–Trinajstić information content (AvgIpc) is 2.89. The molecule has 0 aromatic rings. The fraction of sp³-hybridized carbons (Fsp3) is 0.833. The molecule has 16 heavy (non-hydrogen) atoms. The molecule has 1 heterocycles. The van der Waals surface area contributed by atoms with E-state index in [9.17, 15) is 9.59 Å². The van der Waals surface area contributed by atoms with Crippen molar-refractivity contribution in [3.63, 3.8) is 0 Å². The van der Waals surface area contributed by atoms with Crippen LogP contribution in [0, 0.1) is 0 Å². The van der Waals surface area contributed by atoms with E-state index in [1.54, 1.807) is 13.8 Å². The molecule has 1 aliphatic carbocycles. The van der Waals surface area contributed by atoms with Crippen molar-refractivity contribution >= 4 is 11.8 Å². The lowest BCUT2D eigenvalue weighted by atomic mass is 9.93. The van der Waals surface area contributed by atoms with Crippen molar-refractivity contribution in [1.82, 2.24) is 10.2 Å². The van der Waals surface area contributed by atoms with E-state index in [0.717, 1.165) is 12.8 Å². The van der Waals surface area contributed by atoms with Crippen molar-refractivity contribution in [2.45, 2.75) is 64.1 Å². The van der Waals surface area contributed by atoms with Crippen molar-refractivity contribution in [2.75, 3.05) is 0 Å². The molecule has 0 aromatic heterocycles. The second-order valence-corrected chi connectivity index (χ2v) is 5.71. The minimum atomic E-state index is -0.756. The summed E-state index contributed by atoms with van der Waals surface area (Å²) in [6.45, 7) is 7.58. The Balaban J connectivity index is 2.35. The Bertz CT molecular complexity index is 345. The number of hydrogen-bond acceptors (Lipinski definition) is 2. The van der Waals surface area contributed by atoms with E-state index in [-0.39, 0.29) is 23.4 Å². The molecule has 2 aliphatic rings. The number of carbonyl (C=O) groups excluding carboxylic acids is 2. The quantitative estimate of drug-likeness (QED) is 0.762. The minimum absolute atomic E-state index is 0.0137. The number of nitrogens with zero attached hydrogens (tertiary/aromatic N) is 1. The van der Waals surface area contributed by atoms with Crippen molar-refractivity contribution in [3.05, 3.63) is 0 Å². The molecule has 0 bridgehead atoms. The van der Waals surface area contributed by atoms with Crippen molar-refractivity contribution < 1.29 is 9.59 Å². The maximum atomic E-state index is 12.4.